The molecule has 2 aromatic heterocycles. The summed E-state index contributed by atoms with van der Waals surface area (Å²) >= 11 is 9.38. The first-order valence-electron chi connectivity index (χ1n) is 10.8. The first-order valence-corrected chi connectivity index (χ1v) is 12.0. The standard InChI is InChI=1S/C26H23BrN4OS/c1-2-32-21-14-12-19(13-15-21)30-17-5-7-23(30)25-24(22-6-3-4-16-28-22)29-26(33)31(25)20-10-8-18(27)9-11-20/h3-17,24-25H,2H2,1H3,(H,29,33). The number of hydrogen-bond donors (Lipinski definition) is 1. The number of aromatic nitrogens is 2. The third-order valence-electron chi connectivity index (χ3n) is 5.71. The van der Waals surface area contributed by atoms with Gasteiger partial charge in [-0.2, -0.15) is 0 Å². The number of benzene rings is 2. The molecule has 5 nitrogen and oxygen atoms in total. The molecule has 0 amide bonds. The van der Waals surface area contributed by atoms with Gasteiger partial charge in [-0.15, -0.1) is 0 Å². The first-order chi connectivity index (χ1) is 16.2. The molecule has 1 fully saturated rings. The molecule has 0 radical (unpaired) electrons. The van der Waals surface area contributed by atoms with Crippen LogP contribution in [0.5, 0.6) is 5.75 Å². The van der Waals surface area contributed by atoms with Crippen molar-refractivity contribution in [3.05, 3.63) is 107 Å². The van der Waals surface area contributed by atoms with E-state index in [9.17, 15) is 0 Å². The Labute approximate surface area is 207 Å². The summed E-state index contributed by atoms with van der Waals surface area (Å²) in [4.78, 5) is 6.83. The second-order valence-corrected chi connectivity index (χ2v) is 9.01. The lowest BCUT2D eigenvalue weighted by atomic mass is 10.0. The van der Waals surface area contributed by atoms with Gasteiger partial charge in [-0.25, -0.2) is 0 Å². The number of nitrogens with zero attached hydrogens (tertiary/aromatic N) is 3. The molecule has 166 valence electrons. The van der Waals surface area contributed by atoms with Crippen LogP contribution in [0.15, 0.2) is 95.7 Å². The van der Waals surface area contributed by atoms with Crippen LogP contribution in [-0.2, 0) is 0 Å². The maximum absolute atomic E-state index is 5.84. The number of ether oxygens (including phenoxy) is 1. The molecule has 0 aliphatic carbocycles. The highest BCUT2D eigenvalue weighted by Gasteiger charge is 2.42. The topological polar surface area (TPSA) is 42.3 Å². The molecule has 1 saturated heterocycles. The maximum Gasteiger partial charge on any atom is 0.174 e. The second-order valence-electron chi connectivity index (χ2n) is 7.70. The largest absolute Gasteiger partial charge is 0.494 e. The fourth-order valence-electron chi connectivity index (χ4n) is 4.28. The van der Waals surface area contributed by atoms with Crippen molar-refractivity contribution in [1.82, 2.24) is 14.9 Å². The Morgan fingerprint density at radius 3 is 2.42 bits per heavy atom. The molecule has 2 unspecified atom stereocenters. The molecule has 2 aromatic carbocycles. The summed E-state index contributed by atoms with van der Waals surface area (Å²) in [6.07, 6.45) is 3.91. The third-order valence-corrected chi connectivity index (χ3v) is 6.56. The van der Waals surface area contributed by atoms with E-state index in [1.54, 1.807) is 0 Å². The smallest absolute Gasteiger partial charge is 0.174 e. The number of anilines is 1. The van der Waals surface area contributed by atoms with Gasteiger partial charge in [-0.3, -0.25) is 4.98 Å². The van der Waals surface area contributed by atoms with Crippen LogP contribution in [-0.4, -0.2) is 21.3 Å². The Morgan fingerprint density at radius 1 is 0.970 bits per heavy atom. The lowest BCUT2D eigenvalue weighted by Gasteiger charge is -2.29. The van der Waals surface area contributed by atoms with Crippen molar-refractivity contribution < 1.29 is 4.74 Å². The van der Waals surface area contributed by atoms with Crippen molar-refractivity contribution in [1.29, 1.82) is 0 Å². The SMILES string of the molecule is CCOc1ccc(-n2cccc2C2C(c3ccccn3)NC(=S)N2c2ccc(Br)cc2)cc1. The Kier molecular flexibility index (Phi) is 6.15. The summed E-state index contributed by atoms with van der Waals surface area (Å²) < 4.78 is 8.86. The van der Waals surface area contributed by atoms with Crippen LogP contribution in [0.25, 0.3) is 5.69 Å². The lowest BCUT2D eigenvalue weighted by Crippen LogP contribution is -2.30. The number of pyridine rings is 1. The minimum Gasteiger partial charge on any atom is -0.494 e. The number of rotatable bonds is 6. The molecule has 0 bridgehead atoms. The number of nitrogens with one attached hydrogen (secondary N) is 1. The van der Waals surface area contributed by atoms with E-state index >= 15 is 0 Å². The van der Waals surface area contributed by atoms with E-state index in [0.717, 1.165) is 33.0 Å². The highest BCUT2D eigenvalue weighted by molar-refractivity contribution is 9.10. The summed E-state index contributed by atoms with van der Waals surface area (Å²) in [5.41, 5.74) is 4.15. The van der Waals surface area contributed by atoms with Crippen molar-refractivity contribution in [3.63, 3.8) is 0 Å². The molecule has 0 saturated carbocycles. The third kappa shape index (κ3) is 4.26. The van der Waals surface area contributed by atoms with Gasteiger partial charge in [0.15, 0.2) is 5.11 Å². The van der Waals surface area contributed by atoms with Gasteiger partial charge < -0.3 is 19.5 Å². The summed E-state index contributed by atoms with van der Waals surface area (Å²) in [6.45, 7) is 2.63. The van der Waals surface area contributed by atoms with Gasteiger partial charge in [0.2, 0.25) is 0 Å². The zero-order valence-corrected chi connectivity index (χ0v) is 20.5. The van der Waals surface area contributed by atoms with Crippen LogP contribution in [0, 0.1) is 0 Å². The number of thiocarbonyl (C=S) groups is 1. The van der Waals surface area contributed by atoms with Gasteiger partial charge in [-0.1, -0.05) is 22.0 Å². The molecule has 1 aliphatic rings. The monoisotopic (exact) mass is 518 g/mol. The van der Waals surface area contributed by atoms with Crippen molar-refractivity contribution in [3.8, 4) is 11.4 Å². The number of hydrogen-bond acceptors (Lipinski definition) is 3. The highest BCUT2D eigenvalue weighted by Crippen LogP contribution is 2.42. The fourth-order valence-corrected chi connectivity index (χ4v) is 4.89. The molecule has 4 aromatic rings. The Morgan fingerprint density at radius 2 is 1.73 bits per heavy atom. The quantitative estimate of drug-likeness (QED) is 0.307. The van der Waals surface area contributed by atoms with Crippen LogP contribution in [0.1, 0.15) is 30.4 Å². The molecule has 5 rings (SSSR count). The van der Waals surface area contributed by atoms with Crippen LogP contribution >= 0.6 is 28.1 Å². The average Bonchev–Trinajstić information content (AvgIpc) is 3.45. The molecule has 7 heteroatoms. The van der Waals surface area contributed by atoms with Gasteiger partial charge in [0.1, 0.15) is 11.8 Å². The molecule has 0 spiro atoms. The zero-order chi connectivity index (χ0) is 22.8. The summed E-state index contributed by atoms with van der Waals surface area (Å²) in [6, 6.07) is 26.4. The Bertz CT molecular complexity index is 1240. The van der Waals surface area contributed by atoms with Gasteiger partial charge in [0, 0.05) is 33.9 Å². The van der Waals surface area contributed by atoms with Crippen molar-refractivity contribution in [2.24, 2.45) is 0 Å². The number of halogens is 1. The molecular formula is C26H23BrN4OS. The van der Waals surface area contributed by atoms with Crippen molar-refractivity contribution in [2.45, 2.75) is 19.0 Å². The predicted octanol–water partition coefficient (Wildman–Crippen LogP) is 6.21. The average molecular weight is 519 g/mol. The van der Waals surface area contributed by atoms with E-state index in [1.807, 2.05) is 55.6 Å². The summed E-state index contributed by atoms with van der Waals surface area (Å²) in [5, 5.41) is 4.20. The Hall–Kier alpha value is -3.16. The fraction of sp³-hybridized carbons (Fsp3) is 0.154. The molecule has 1 aliphatic heterocycles. The lowest BCUT2D eigenvalue weighted by molar-refractivity contribution is 0.340. The minimum absolute atomic E-state index is 0.0878. The molecule has 33 heavy (non-hydrogen) atoms. The van der Waals surface area contributed by atoms with E-state index in [4.69, 9.17) is 17.0 Å². The van der Waals surface area contributed by atoms with Crippen molar-refractivity contribution in [2.75, 3.05) is 11.5 Å². The van der Waals surface area contributed by atoms with Crippen LogP contribution in [0.4, 0.5) is 5.69 Å². The summed E-state index contributed by atoms with van der Waals surface area (Å²) in [5.74, 6) is 0.863. The normalized spacial score (nSPS) is 17.8. The zero-order valence-electron chi connectivity index (χ0n) is 18.1. The molecule has 2 atom stereocenters. The highest BCUT2D eigenvalue weighted by atomic mass is 79.9. The van der Waals surface area contributed by atoms with E-state index in [-0.39, 0.29) is 12.1 Å². The van der Waals surface area contributed by atoms with E-state index in [2.05, 4.69) is 78.3 Å². The van der Waals surface area contributed by atoms with E-state index in [1.165, 1.54) is 0 Å². The van der Waals surface area contributed by atoms with Crippen LogP contribution in [0.2, 0.25) is 0 Å². The first kappa shape index (κ1) is 21.7. The summed E-state index contributed by atoms with van der Waals surface area (Å²) in [7, 11) is 0. The van der Waals surface area contributed by atoms with Crippen LogP contribution < -0.4 is 15.0 Å². The minimum atomic E-state index is -0.0984. The van der Waals surface area contributed by atoms with Gasteiger partial charge in [-0.05, 0) is 91.9 Å². The second kappa shape index (κ2) is 9.37. The van der Waals surface area contributed by atoms with Crippen LogP contribution in [0.3, 0.4) is 0 Å². The maximum atomic E-state index is 5.84. The Balaban J connectivity index is 1.61. The molecule has 1 N–H and O–H groups in total. The predicted molar refractivity (Wildman–Crippen MR) is 139 cm³/mol. The van der Waals surface area contributed by atoms with E-state index in [0.29, 0.717) is 11.7 Å². The van der Waals surface area contributed by atoms with Gasteiger partial charge in [0.25, 0.3) is 0 Å². The molecular weight excluding hydrogens is 496 g/mol. The molecule has 3 heterocycles. The van der Waals surface area contributed by atoms with E-state index < -0.39 is 0 Å². The van der Waals surface area contributed by atoms with Gasteiger partial charge >= 0.3 is 0 Å². The van der Waals surface area contributed by atoms with Crippen molar-refractivity contribution >= 4 is 38.9 Å². The van der Waals surface area contributed by atoms with Gasteiger partial charge in [0.05, 0.1) is 18.3 Å².